The zero-order valence-corrected chi connectivity index (χ0v) is 21.0. The fourth-order valence-corrected chi connectivity index (χ4v) is 6.09. The van der Waals surface area contributed by atoms with Gasteiger partial charge in [0.25, 0.3) is 5.91 Å². The van der Waals surface area contributed by atoms with Gasteiger partial charge >= 0.3 is 0 Å². The lowest BCUT2D eigenvalue weighted by Gasteiger charge is -2.35. The van der Waals surface area contributed by atoms with E-state index in [0.717, 1.165) is 19.3 Å². The van der Waals surface area contributed by atoms with Crippen LogP contribution in [0.3, 0.4) is 0 Å². The summed E-state index contributed by atoms with van der Waals surface area (Å²) in [6.07, 6.45) is 6.98. The molecule has 1 aromatic heterocycles. The number of benzene rings is 1. The molecule has 3 N–H and O–H groups in total. The SMILES string of the molecule is CCCOC1CCC(C(NC(c2ccncc2)S(=O)(=O)c2ccc(OCC)cc2)C(=O)NO)CC1. The van der Waals surface area contributed by atoms with Crippen LogP contribution in [-0.2, 0) is 19.4 Å². The highest BCUT2D eigenvalue weighted by Gasteiger charge is 2.38. The van der Waals surface area contributed by atoms with E-state index in [1.54, 1.807) is 29.7 Å². The molecule has 1 saturated carbocycles. The number of ether oxygens (including phenoxy) is 2. The lowest BCUT2D eigenvalue weighted by molar-refractivity contribution is -0.133. The van der Waals surface area contributed by atoms with Crippen LogP contribution in [0.15, 0.2) is 53.7 Å². The Morgan fingerprint density at radius 2 is 1.74 bits per heavy atom. The predicted octanol–water partition coefficient (Wildman–Crippen LogP) is 3.40. The molecule has 35 heavy (non-hydrogen) atoms. The van der Waals surface area contributed by atoms with Crippen molar-refractivity contribution in [2.45, 2.75) is 68.4 Å². The highest BCUT2D eigenvalue weighted by atomic mass is 32.2. The van der Waals surface area contributed by atoms with Crippen LogP contribution in [0.1, 0.15) is 56.9 Å². The van der Waals surface area contributed by atoms with Gasteiger partial charge in [-0.3, -0.25) is 20.3 Å². The van der Waals surface area contributed by atoms with Crippen LogP contribution in [0.25, 0.3) is 0 Å². The summed E-state index contributed by atoms with van der Waals surface area (Å²) in [6, 6.07) is 8.50. The van der Waals surface area contributed by atoms with Crippen molar-refractivity contribution in [3.63, 3.8) is 0 Å². The van der Waals surface area contributed by atoms with E-state index in [1.807, 2.05) is 6.92 Å². The molecular formula is C25H35N3O6S. The smallest absolute Gasteiger partial charge is 0.260 e. The largest absolute Gasteiger partial charge is 0.494 e. The molecule has 0 aliphatic heterocycles. The Morgan fingerprint density at radius 3 is 2.31 bits per heavy atom. The second-order valence-electron chi connectivity index (χ2n) is 8.64. The summed E-state index contributed by atoms with van der Waals surface area (Å²) >= 11 is 0. The van der Waals surface area contributed by atoms with Crippen LogP contribution in [0.2, 0.25) is 0 Å². The molecule has 0 bridgehead atoms. The molecule has 10 heteroatoms. The number of sulfone groups is 1. The number of amides is 1. The van der Waals surface area contributed by atoms with Gasteiger partial charge in [-0.1, -0.05) is 6.92 Å². The van der Waals surface area contributed by atoms with Gasteiger partial charge in [-0.05, 0) is 86.9 Å². The molecule has 0 radical (unpaired) electrons. The van der Waals surface area contributed by atoms with E-state index in [2.05, 4.69) is 17.2 Å². The second kappa shape index (κ2) is 13.0. The summed E-state index contributed by atoms with van der Waals surface area (Å²) in [5.41, 5.74) is 2.17. The molecule has 1 amide bonds. The molecule has 9 nitrogen and oxygen atoms in total. The number of carbonyl (C=O) groups is 1. The van der Waals surface area contributed by atoms with Crippen LogP contribution in [0.5, 0.6) is 5.75 Å². The Bertz CT molecular complexity index is 1020. The molecule has 2 aromatic rings. The van der Waals surface area contributed by atoms with E-state index in [1.165, 1.54) is 24.5 Å². The van der Waals surface area contributed by atoms with Gasteiger partial charge in [0, 0.05) is 19.0 Å². The number of hydrogen-bond donors (Lipinski definition) is 3. The van der Waals surface area contributed by atoms with Gasteiger partial charge in [0.05, 0.1) is 23.6 Å². The van der Waals surface area contributed by atoms with E-state index in [9.17, 15) is 18.4 Å². The third-order valence-corrected chi connectivity index (χ3v) is 8.21. The number of nitrogens with zero attached hydrogens (tertiary/aromatic N) is 1. The molecule has 2 unspecified atom stereocenters. The zero-order chi connectivity index (χ0) is 25.3. The second-order valence-corrected chi connectivity index (χ2v) is 10.7. The summed E-state index contributed by atoms with van der Waals surface area (Å²) in [6.45, 7) is 5.07. The molecule has 192 valence electrons. The first-order valence-electron chi connectivity index (χ1n) is 12.1. The number of pyridine rings is 1. The van der Waals surface area contributed by atoms with E-state index in [-0.39, 0.29) is 16.9 Å². The maximum atomic E-state index is 13.8. The maximum absolute atomic E-state index is 13.8. The Morgan fingerprint density at radius 1 is 1.09 bits per heavy atom. The minimum atomic E-state index is -3.96. The first kappa shape index (κ1) is 27.1. The molecular weight excluding hydrogens is 470 g/mol. The molecule has 1 aliphatic carbocycles. The standard InChI is InChI=1S/C25H35N3O6S/c1-3-17-34-21-7-5-18(6-8-21)23(24(29)28-30)27-25(19-13-15-26-16-14-19)35(31,32)22-11-9-20(10-12-22)33-4-2/h9-16,18,21,23,25,27,30H,3-8,17H2,1-2H3,(H,28,29). The average Bonchev–Trinajstić information content (AvgIpc) is 2.89. The predicted molar refractivity (Wildman–Crippen MR) is 131 cm³/mol. The van der Waals surface area contributed by atoms with Crippen molar-refractivity contribution in [1.29, 1.82) is 0 Å². The number of aromatic nitrogens is 1. The minimum absolute atomic E-state index is 0.0927. The van der Waals surface area contributed by atoms with Gasteiger partial charge in [0.2, 0.25) is 0 Å². The zero-order valence-electron chi connectivity index (χ0n) is 20.2. The molecule has 1 heterocycles. The van der Waals surface area contributed by atoms with Crippen molar-refractivity contribution in [3.05, 3.63) is 54.4 Å². The lowest BCUT2D eigenvalue weighted by Crippen LogP contribution is -2.51. The van der Waals surface area contributed by atoms with Gasteiger partial charge in [-0.2, -0.15) is 0 Å². The van der Waals surface area contributed by atoms with Gasteiger partial charge in [-0.25, -0.2) is 13.9 Å². The maximum Gasteiger partial charge on any atom is 0.260 e. The minimum Gasteiger partial charge on any atom is -0.494 e. The van der Waals surface area contributed by atoms with Crippen molar-refractivity contribution in [3.8, 4) is 5.75 Å². The first-order chi connectivity index (χ1) is 16.9. The molecule has 1 fully saturated rings. The van der Waals surface area contributed by atoms with Crippen molar-refractivity contribution >= 4 is 15.7 Å². The molecule has 1 aromatic carbocycles. The van der Waals surface area contributed by atoms with Crippen LogP contribution in [0, 0.1) is 5.92 Å². The Hall–Kier alpha value is -2.53. The monoisotopic (exact) mass is 505 g/mol. The van der Waals surface area contributed by atoms with Crippen LogP contribution >= 0.6 is 0 Å². The van der Waals surface area contributed by atoms with Crippen LogP contribution < -0.4 is 15.5 Å². The number of rotatable bonds is 12. The summed E-state index contributed by atoms with van der Waals surface area (Å²) in [5.74, 6) is -0.258. The lowest BCUT2D eigenvalue weighted by atomic mass is 9.82. The number of carbonyl (C=O) groups excluding carboxylic acids is 1. The Labute approximate surface area is 207 Å². The Balaban J connectivity index is 1.89. The fourth-order valence-electron chi connectivity index (χ4n) is 4.46. The van der Waals surface area contributed by atoms with Gasteiger partial charge in [0.15, 0.2) is 9.84 Å². The summed E-state index contributed by atoms with van der Waals surface area (Å²) in [7, 11) is -3.96. The highest BCUT2D eigenvalue weighted by Crippen LogP contribution is 2.33. The van der Waals surface area contributed by atoms with Crippen molar-refractivity contribution in [1.82, 2.24) is 15.8 Å². The third kappa shape index (κ3) is 7.00. The van der Waals surface area contributed by atoms with E-state index < -0.39 is 27.2 Å². The van der Waals surface area contributed by atoms with Gasteiger partial charge in [0.1, 0.15) is 11.1 Å². The molecule has 2 atom stereocenters. The van der Waals surface area contributed by atoms with Gasteiger partial charge < -0.3 is 9.47 Å². The normalized spacial score (nSPS) is 20.1. The fraction of sp³-hybridized carbons (Fsp3) is 0.520. The molecule has 3 rings (SSSR count). The quantitative estimate of drug-likeness (QED) is 0.296. The molecule has 0 saturated heterocycles. The summed E-state index contributed by atoms with van der Waals surface area (Å²) in [5, 5.41) is 11.3. The first-order valence-corrected chi connectivity index (χ1v) is 13.6. The topological polar surface area (TPSA) is 127 Å². The molecule has 1 aliphatic rings. The van der Waals surface area contributed by atoms with Gasteiger partial charge in [-0.15, -0.1) is 0 Å². The van der Waals surface area contributed by atoms with Crippen molar-refractivity contribution < 1.29 is 27.9 Å². The van der Waals surface area contributed by atoms with E-state index >= 15 is 0 Å². The van der Waals surface area contributed by atoms with Crippen LogP contribution in [-0.4, -0.2) is 49.9 Å². The Kier molecular flexibility index (Phi) is 10.0. The van der Waals surface area contributed by atoms with Crippen molar-refractivity contribution in [2.75, 3.05) is 13.2 Å². The van der Waals surface area contributed by atoms with Crippen LogP contribution in [0.4, 0.5) is 0 Å². The summed E-state index contributed by atoms with van der Waals surface area (Å²) < 4.78 is 38.8. The number of hydroxylamine groups is 1. The van der Waals surface area contributed by atoms with E-state index in [0.29, 0.717) is 37.4 Å². The van der Waals surface area contributed by atoms with Crippen molar-refractivity contribution in [2.24, 2.45) is 5.92 Å². The number of hydrogen-bond acceptors (Lipinski definition) is 8. The number of nitrogens with one attached hydrogen (secondary N) is 2. The molecule has 0 spiro atoms. The summed E-state index contributed by atoms with van der Waals surface area (Å²) in [4.78, 5) is 16.8. The van der Waals surface area contributed by atoms with E-state index in [4.69, 9.17) is 9.47 Å². The highest BCUT2D eigenvalue weighted by molar-refractivity contribution is 7.91. The third-order valence-electron chi connectivity index (χ3n) is 6.25. The average molecular weight is 506 g/mol.